The van der Waals surface area contributed by atoms with E-state index in [-0.39, 0.29) is 17.9 Å². The van der Waals surface area contributed by atoms with Gasteiger partial charge in [0, 0.05) is 6.42 Å². The lowest BCUT2D eigenvalue weighted by atomic mass is 10.1. The number of nitrogens with zero attached hydrogens (tertiary/aromatic N) is 2. The zero-order chi connectivity index (χ0) is 23.4. The van der Waals surface area contributed by atoms with Gasteiger partial charge in [0.25, 0.3) is 0 Å². The fraction of sp³-hybridized carbons (Fsp3) is 0.333. The largest absolute Gasteiger partial charge is 0.491 e. The zero-order valence-corrected chi connectivity index (χ0v) is 16.3. The summed E-state index contributed by atoms with van der Waals surface area (Å²) in [6, 6.07) is 8.83. The maximum atomic E-state index is 13.0. The lowest BCUT2D eigenvalue weighted by Crippen LogP contribution is -2.23. The molecule has 4 nitrogen and oxygen atoms in total. The normalized spacial score (nSPS) is 13.6. The second kappa shape index (κ2) is 9.17. The Labute approximate surface area is 174 Å². The van der Waals surface area contributed by atoms with E-state index in [0.717, 1.165) is 24.3 Å². The molecule has 0 bridgehead atoms. The zero-order valence-electron chi connectivity index (χ0n) is 16.3. The molecule has 2 aromatic rings. The van der Waals surface area contributed by atoms with Gasteiger partial charge in [-0.2, -0.15) is 36.9 Å². The van der Waals surface area contributed by atoms with Crippen LogP contribution >= 0.6 is 0 Å². The second-order valence-electron chi connectivity index (χ2n) is 6.73. The third kappa shape index (κ3) is 6.29. The molecule has 31 heavy (non-hydrogen) atoms. The predicted octanol–water partition coefficient (Wildman–Crippen LogP) is 6.09. The third-order valence-electron chi connectivity index (χ3n) is 4.17. The molecular weight excluding hydrogens is 426 g/mol. The van der Waals surface area contributed by atoms with Crippen molar-refractivity contribution in [3.8, 4) is 23.6 Å². The molecule has 2 atom stereocenters. The van der Waals surface area contributed by atoms with Gasteiger partial charge in [-0.1, -0.05) is 0 Å². The monoisotopic (exact) mass is 442 g/mol. The molecule has 0 spiro atoms. The molecule has 2 aromatic carbocycles. The summed E-state index contributed by atoms with van der Waals surface area (Å²) in [5, 5.41) is 17.6. The van der Waals surface area contributed by atoms with Gasteiger partial charge in [-0.05, 0) is 50.2 Å². The molecule has 0 aromatic heterocycles. The van der Waals surface area contributed by atoms with E-state index in [9.17, 15) is 26.3 Å². The number of ether oxygens (including phenoxy) is 2. The first kappa shape index (κ1) is 23.9. The molecule has 0 radical (unpaired) electrons. The standard InChI is InChI=1S/C21H16F6N2O2/c1-12(30-16-5-3-14(10-28)18(8-16)20(22,23)24)7-13(2)31-17-6-4-15(11-29)19(9-17)21(25,26)27/h3-6,8-9,12-13H,7H2,1-2H3/t12-,13-/m1/s1. The Balaban J connectivity index is 2.08. The van der Waals surface area contributed by atoms with Crippen molar-refractivity contribution in [3.63, 3.8) is 0 Å². The summed E-state index contributed by atoms with van der Waals surface area (Å²) in [6.07, 6.45) is -10.6. The first-order valence-corrected chi connectivity index (χ1v) is 8.91. The molecule has 0 aliphatic rings. The molecule has 10 heteroatoms. The van der Waals surface area contributed by atoms with Crippen LogP contribution in [0.15, 0.2) is 36.4 Å². The molecule has 0 heterocycles. The Kier molecular flexibility index (Phi) is 7.06. The molecule has 0 N–H and O–H groups in total. The molecular formula is C21H16F6N2O2. The smallest absolute Gasteiger partial charge is 0.417 e. The van der Waals surface area contributed by atoms with Crippen LogP contribution in [0.2, 0.25) is 0 Å². The van der Waals surface area contributed by atoms with Gasteiger partial charge < -0.3 is 9.47 Å². The molecule has 0 saturated carbocycles. The van der Waals surface area contributed by atoms with E-state index in [1.807, 2.05) is 0 Å². The Morgan fingerprint density at radius 1 is 0.742 bits per heavy atom. The van der Waals surface area contributed by atoms with Crippen LogP contribution in [0.25, 0.3) is 0 Å². The van der Waals surface area contributed by atoms with Crippen molar-refractivity contribution in [2.24, 2.45) is 0 Å². The van der Waals surface area contributed by atoms with Crippen molar-refractivity contribution in [2.75, 3.05) is 0 Å². The highest BCUT2D eigenvalue weighted by atomic mass is 19.4. The van der Waals surface area contributed by atoms with Gasteiger partial charge in [0.1, 0.15) is 11.5 Å². The first-order chi connectivity index (χ1) is 14.3. The van der Waals surface area contributed by atoms with Crippen molar-refractivity contribution in [1.82, 2.24) is 0 Å². The highest BCUT2D eigenvalue weighted by Crippen LogP contribution is 2.35. The minimum absolute atomic E-state index is 0.108. The molecule has 164 valence electrons. The van der Waals surface area contributed by atoms with Crippen LogP contribution in [0, 0.1) is 22.7 Å². The average Bonchev–Trinajstić information content (AvgIpc) is 2.66. The topological polar surface area (TPSA) is 66.0 Å². The van der Waals surface area contributed by atoms with Crippen LogP contribution in [0.3, 0.4) is 0 Å². The van der Waals surface area contributed by atoms with E-state index >= 15 is 0 Å². The number of rotatable bonds is 6. The molecule has 2 rings (SSSR count). The van der Waals surface area contributed by atoms with Crippen molar-refractivity contribution < 1.29 is 35.8 Å². The van der Waals surface area contributed by atoms with Crippen LogP contribution in [0.4, 0.5) is 26.3 Å². The number of alkyl halides is 6. The Morgan fingerprint density at radius 3 is 1.39 bits per heavy atom. The van der Waals surface area contributed by atoms with Crippen LogP contribution in [-0.4, -0.2) is 12.2 Å². The molecule has 0 amide bonds. The van der Waals surface area contributed by atoms with Gasteiger partial charge in [-0.25, -0.2) is 0 Å². The average molecular weight is 442 g/mol. The fourth-order valence-electron chi connectivity index (χ4n) is 2.89. The number of hydrogen-bond acceptors (Lipinski definition) is 4. The van der Waals surface area contributed by atoms with Crippen LogP contribution in [0.1, 0.15) is 42.5 Å². The van der Waals surface area contributed by atoms with Gasteiger partial charge in [0.05, 0.1) is 46.6 Å². The Morgan fingerprint density at radius 2 is 1.10 bits per heavy atom. The van der Waals surface area contributed by atoms with Crippen molar-refractivity contribution in [1.29, 1.82) is 10.5 Å². The van der Waals surface area contributed by atoms with Gasteiger partial charge >= 0.3 is 12.4 Å². The summed E-state index contributed by atoms with van der Waals surface area (Å²) < 4.78 is 89.2. The first-order valence-electron chi connectivity index (χ1n) is 8.91. The van der Waals surface area contributed by atoms with E-state index < -0.39 is 46.8 Å². The highest BCUT2D eigenvalue weighted by Gasteiger charge is 2.35. The number of hydrogen-bond donors (Lipinski definition) is 0. The maximum Gasteiger partial charge on any atom is 0.417 e. The van der Waals surface area contributed by atoms with Crippen LogP contribution in [-0.2, 0) is 12.4 Å². The Hall–Kier alpha value is -3.40. The minimum Gasteiger partial charge on any atom is -0.491 e. The van der Waals surface area contributed by atoms with Crippen molar-refractivity contribution >= 4 is 0 Å². The lowest BCUT2D eigenvalue weighted by Gasteiger charge is -2.21. The molecule has 0 aliphatic heterocycles. The van der Waals surface area contributed by atoms with Gasteiger partial charge in [0.15, 0.2) is 0 Å². The van der Waals surface area contributed by atoms with E-state index in [2.05, 4.69) is 0 Å². The predicted molar refractivity (Wildman–Crippen MR) is 97.1 cm³/mol. The fourth-order valence-corrected chi connectivity index (χ4v) is 2.89. The van der Waals surface area contributed by atoms with Crippen LogP contribution < -0.4 is 9.47 Å². The van der Waals surface area contributed by atoms with E-state index in [4.69, 9.17) is 20.0 Å². The highest BCUT2D eigenvalue weighted by molar-refractivity contribution is 5.45. The van der Waals surface area contributed by atoms with E-state index in [0.29, 0.717) is 0 Å². The summed E-state index contributed by atoms with van der Waals surface area (Å²) >= 11 is 0. The van der Waals surface area contributed by atoms with Crippen LogP contribution in [0.5, 0.6) is 11.5 Å². The Bertz CT molecular complexity index is 937. The molecule has 0 saturated heterocycles. The summed E-state index contributed by atoms with van der Waals surface area (Å²) in [7, 11) is 0. The van der Waals surface area contributed by atoms with Gasteiger partial charge in [0.2, 0.25) is 0 Å². The summed E-state index contributed by atoms with van der Waals surface area (Å²) in [4.78, 5) is 0. The molecule has 0 unspecified atom stereocenters. The van der Waals surface area contributed by atoms with E-state index in [1.165, 1.54) is 24.3 Å². The molecule has 0 aliphatic carbocycles. The van der Waals surface area contributed by atoms with Gasteiger partial charge in [-0.15, -0.1) is 0 Å². The second-order valence-corrected chi connectivity index (χ2v) is 6.73. The summed E-state index contributed by atoms with van der Waals surface area (Å²) in [6.45, 7) is 3.12. The quantitative estimate of drug-likeness (QED) is 0.508. The molecule has 0 fully saturated rings. The van der Waals surface area contributed by atoms with Crippen molar-refractivity contribution in [2.45, 2.75) is 44.8 Å². The number of halogens is 6. The van der Waals surface area contributed by atoms with Gasteiger partial charge in [-0.3, -0.25) is 0 Å². The summed E-state index contributed by atoms with van der Waals surface area (Å²) in [5.41, 5.74) is -3.32. The third-order valence-corrected chi connectivity index (χ3v) is 4.17. The van der Waals surface area contributed by atoms with E-state index in [1.54, 1.807) is 13.8 Å². The minimum atomic E-state index is -4.73. The van der Waals surface area contributed by atoms with Crippen molar-refractivity contribution in [3.05, 3.63) is 58.7 Å². The lowest BCUT2D eigenvalue weighted by molar-refractivity contribution is -0.138. The SMILES string of the molecule is C[C@H](C[C@@H](C)Oc1ccc(C#N)c(C(F)(F)F)c1)Oc1ccc(C#N)c(C(F)(F)F)c1. The summed E-state index contributed by atoms with van der Waals surface area (Å²) in [5.74, 6) is -0.215. The maximum absolute atomic E-state index is 13.0. The number of benzene rings is 2. The number of nitriles is 2.